The van der Waals surface area contributed by atoms with Gasteiger partial charge in [0, 0.05) is 17.8 Å². The minimum atomic E-state index is 0.148. The molecule has 0 fully saturated rings. The molecule has 0 aliphatic carbocycles. The van der Waals surface area contributed by atoms with Gasteiger partial charge >= 0.3 is 0 Å². The molecule has 2 aromatic rings. The zero-order chi connectivity index (χ0) is 13.3. The van der Waals surface area contributed by atoms with Crippen molar-refractivity contribution in [1.29, 1.82) is 0 Å². The Labute approximate surface area is 118 Å². The van der Waals surface area contributed by atoms with E-state index >= 15 is 0 Å². The van der Waals surface area contributed by atoms with Crippen LogP contribution in [-0.4, -0.2) is 5.91 Å². The van der Waals surface area contributed by atoms with Crippen molar-refractivity contribution in [2.75, 3.05) is 0 Å². The van der Waals surface area contributed by atoms with E-state index in [-0.39, 0.29) is 5.91 Å². The van der Waals surface area contributed by atoms with E-state index in [0.29, 0.717) is 13.0 Å². The molecule has 0 radical (unpaired) electrons. The van der Waals surface area contributed by atoms with Crippen molar-refractivity contribution in [1.82, 2.24) is 5.32 Å². The van der Waals surface area contributed by atoms with Crippen LogP contribution in [0.5, 0.6) is 0 Å². The van der Waals surface area contributed by atoms with Gasteiger partial charge in [0.15, 0.2) is 0 Å². The van der Waals surface area contributed by atoms with E-state index in [0.717, 1.165) is 24.8 Å². The average molecular weight is 273 g/mol. The van der Waals surface area contributed by atoms with Crippen LogP contribution in [0.15, 0.2) is 47.8 Å². The molecule has 0 aliphatic rings. The summed E-state index contributed by atoms with van der Waals surface area (Å²) in [7, 11) is 0. The van der Waals surface area contributed by atoms with E-state index in [9.17, 15) is 4.79 Å². The molecule has 2 nitrogen and oxygen atoms in total. The van der Waals surface area contributed by atoms with Crippen LogP contribution in [0.1, 0.15) is 29.7 Å². The van der Waals surface area contributed by atoms with E-state index in [1.165, 1.54) is 4.88 Å². The molecule has 3 heteroatoms. The second-order valence-corrected chi connectivity index (χ2v) is 5.58. The maximum Gasteiger partial charge on any atom is 0.220 e. The highest BCUT2D eigenvalue weighted by molar-refractivity contribution is 7.09. The summed E-state index contributed by atoms with van der Waals surface area (Å²) in [6.45, 7) is 0.630. The van der Waals surface area contributed by atoms with Crippen LogP contribution in [0, 0.1) is 0 Å². The average Bonchev–Trinajstić information content (AvgIpc) is 2.96. The molecule has 2 rings (SSSR count). The van der Waals surface area contributed by atoms with Crippen LogP contribution in [0.2, 0.25) is 0 Å². The molecule has 1 aromatic heterocycles. The molecule has 1 heterocycles. The highest BCUT2D eigenvalue weighted by Crippen LogP contribution is 2.12. The van der Waals surface area contributed by atoms with Gasteiger partial charge in [-0.3, -0.25) is 4.79 Å². The number of aryl methyl sites for hydroxylation is 1. The number of benzene rings is 1. The Morgan fingerprint density at radius 3 is 2.63 bits per heavy atom. The smallest absolute Gasteiger partial charge is 0.220 e. The van der Waals surface area contributed by atoms with Gasteiger partial charge in [-0.1, -0.05) is 36.4 Å². The summed E-state index contributed by atoms with van der Waals surface area (Å²) in [5.74, 6) is 0.148. The maximum atomic E-state index is 11.7. The summed E-state index contributed by atoms with van der Waals surface area (Å²) in [5.41, 5.74) is 1.15. The number of carbonyl (C=O) groups is 1. The van der Waals surface area contributed by atoms with Gasteiger partial charge in [-0.2, -0.15) is 0 Å². The third kappa shape index (κ3) is 5.26. The maximum absolute atomic E-state index is 11.7. The lowest BCUT2D eigenvalue weighted by molar-refractivity contribution is -0.121. The molecule has 0 aliphatic heterocycles. The molecule has 1 N–H and O–H groups in total. The number of amides is 1. The molecule has 0 saturated carbocycles. The SMILES string of the molecule is O=C(CCCCc1cccs1)NCc1ccccc1. The Hall–Kier alpha value is -1.61. The van der Waals surface area contributed by atoms with Crippen molar-refractivity contribution in [2.45, 2.75) is 32.2 Å². The lowest BCUT2D eigenvalue weighted by atomic mass is 10.1. The number of thiophene rings is 1. The molecular weight excluding hydrogens is 254 g/mol. The summed E-state index contributed by atoms with van der Waals surface area (Å²) >= 11 is 1.79. The van der Waals surface area contributed by atoms with Gasteiger partial charge in [0.25, 0.3) is 0 Å². The number of hydrogen-bond acceptors (Lipinski definition) is 2. The van der Waals surface area contributed by atoms with Crippen molar-refractivity contribution < 1.29 is 4.79 Å². The summed E-state index contributed by atoms with van der Waals surface area (Å²) in [5, 5.41) is 5.06. The molecule has 0 bridgehead atoms. The molecule has 1 amide bonds. The fourth-order valence-electron chi connectivity index (χ4n) is 1.92. The Morgan fingerprint density at radius 1 is 1.05 bits per heavy atom. The Bertz CT molecular complexity index is 479. The monoisotopic (exact) mass is 273 g/mol. The van der Waals surface area contributed by atoms with Crippen molar-refractivity contribution in [3.8, 4) is 0 Å². The van der Waals surface area contributed by atoms with Gasteiger partial charge in [-0.15, -0.1) is 11.3 Å². The lowest BCUT2D eigenvalue weighted by Gasteiger charge is -2.05. The molecule has 0 atom stereocenters. The minimum absolute atomic E-state index is 0.148. The third-order valence-electron chi connectivity index (χ3n) is 2.99. The molecule has 0 spiro atoms. The Balaban J connectivity index is 1.57. The fourth-order valence-corrected chi connectivity index (χ4v) is 2.68. The van der Waals surface area contributed by atoms with E-state index < -0.39 is 0 Å². The second kappa shape index (κ2) is 7.74. The predicted octanol–water partition coefficient (Wildman–Crippen LogP) is 3.78. The number of hydrogen-bond donors (Lipinski definition) is 1. The van der Waals surface area contributed by atoms with Crippen molar-refractivity contribution >= 4 is 17.2 Å². The first-order valence-corrected chi connectivity index (χ1v) is 7.55. The normalized spacial score (nSPS) is 10.3. The molecule has 1 aromatic carbocycles. The zero-order valence-corrected chi connectivity index (χ0v) is 11.8. The topological polar surface area (TPSA) is 29.1 Å². The van der Waals surface area contributed by atoms with Gasteiger partial charge in [0.1, 0.15) is 0 Å². The first kappa shape index (κ1) is 13.8. The summed E-state index contributed by atoms with van der Waals surface area (Å²) in [4.78, 5) is 13.1. The van der Waals surface area contributed by atoms with E-state index in [2.05, 4.69) is 22.8 Å². The summed E-state index contributed by atoms with van der Waals surface area (Å²) in [6.07, 6.45) is 3.75. The molecular formula is C16H19NOS. The molecule has 0 unspecified atom stereocenters. The Morgan fingerprint density at radius 2 is 1.89 bits per heavy atom. The van der Waals surface area contributed by atoms with E-state index in [1.54, 1.807) is 11.3 Å². The molecule has 100 valence electrons. The van der Waals surface area contributed by atoms with Gasteiger partial charge in [-0.25, -0.2) is 0 Å². The third-order valence-corrected chi connectivity index (χ3v) is 3.93. The van der Waals surface area contributed by atoms with Crippen LogP contribution < -0.4 is 5.32 Å². The van der Waals surface area contributed by atoms with Crippen LogP contribution in [0.25, 0.3) is 0 Å². The second-order valence-electron chi connectivity index (χ2n) is 4.55. The first-order valence-electron chi connectivity index (χ1n) is 6.67. The van der Waals surface area contributed by atoms with Crippen LogP contribution in [0.3, 0.4) is 0 Å². The minimum Gasteiger partial charge on any atom is -0.352 e. The zero-order valence-electron chi connectivity index (χ0n) is 11.0. The van der Waals surface area contributed by atoms with Crippen molar-refractivity contribution in [3.63, 3.8) is 0 Å². The van der Waals surface area contributed by atoms with Gasteiger partial charge < -0.3 is 5.32 Å². The largest absolute Gasteiger partial charge is 0.352 e. The summed E-state index contributed by atoms with van der Waals surface area (Å²) < 4.78 is 0. The lowest BCUT2D eigenvalue weighted by Crippen LogP contribution is -2.22. The predicted molar refractivity (Wildman–Crippen MR) is 80.2 cm³/mol. The molecule has 0 saturated heterocycles. The highest BCUT2D eigenvalue weighted by atomic mass is 32.1. The van der Waals surface area contributed by atoms with Gasteiger partial charge in [0.2, 0.25) is 5.91 Å². The van der Waals surface area contributed by atoms with Crippen molar-refractivity contribution in [2.24, 2.45) is 0 Å². The number of carbonyl (C=O) groups excluding carboxylic acids is 1. The standard InChI is InChI=1S/C16H19NOS/c18-16(17-13-14-7-2-1-3-8-14)11-5-4-9-15-10-6-12-19-15/h1-3,6-8,10,12H,4-5,9,11,13H2,(H,17,18). The van der Waals surface area contributed by atoms with Crippen LogP contribution >= 0.6 is 11.3 Å². The van der Waals surface area contributed by atoms with Crippen molar-refractivity contribution in [3.05, 3.63) is 58.3 Å². The quantitative estimate of drug-likeness (QED) is 0.764. The van der Waals surface area contributed by atoms with Crippen LogP contribution in [-0.2, 0) is 17.8 Å². The first-order chi connectivity index (χ1) is 9.34. The van der Waals surface area contributed by atoms with E-state index in [4.69, 9.17) is 0 Å². The number of rotatable bonds is 7. The van der Waals surface area contributed by atoms with Gasteiger partial charge in [0.05, 0.1) is 0 Å². The fraction of sp³-hybridized carbons (Fsp3) is 0.312. The van der Waals surface area contributed by atoms with E-state index in [1.807, 2.05) is 30.3 Å². The number of nitrogens with one attached hydrogen (secondary N) is 1. The Kier molecular flexibility index (Phi) is 5.63. The number of unbranched alkanes of at least 4 members (excludes halogenated alkanes) is 1. The van der Waals surface area contributed by atoms with Gasteiger partial charge in [-0.05, 0) is 36.3 Å². The molecule has 19 heavy (non-hydrogen) atoms. The van der Waals surface area contributed by atoms with Crippen LogP contribution in [0.4, 0.5) is 0 Å². The summed E-state index contributed by atoms with van der Waals surface area (Å²) in [6, 6.07) is 14.2. The highest BCUT2D eigenvalue weighted by Gasteiger charge is 2.01.